The molecule has 0 aliphatic heterocycles. The number of aliphatic hydroxyl groups is 1. The maximum atomic E-state index is 11.9. The Morgan fingerprint density at radius 1 is 1.00 bits per heavy atom. The van der Waals surface area contributed by atoms with E-state index >= 15 is 0 Å². The number of hydrogen-bond acceptors (Lipinski definition) is 4. The Balaban J connectivity index is 2.00. The number of aromatic hydroxyl groups is 1. The molecule has 2 N–H and O–H groups in total. The van der Waals surface area contributed by atoms with Crippen molar-refractivity contribution in [1.82, 2.24) is 0 Å². The number of phenols is 1. The van der Waals surface area contributed by atoms with Crippen molar-refractivity contribution in [2.45, 2.75) is 12.8 Å². The van der Waals surface area contributed by atoms with Crippen molar-refractivity contribution >= 4 is 5.97 Å². The Kier molecular flexibility index (Phi) is 4.74. The van der Waals surface area contributed by atoms with Crippen LogP contribution in [0.4, 0.5) is 0 Å². The van der Waals surface area contributed by atoms with Gasteiger partial charge < -0.3 is 14.9 Å². The molecule has 0 unspecified atom stereocenters. The van der Waals surface area contributed by atoms with Crippen molar-refractivity contribution in [3.63, 3.8) is 0 Å². The Morgan fingerprint density at radius 3 is 2.25 bits per heavy atom. The molecule has 2 aromatic carbocycles. The fourth-order valence-electron chi connectivity index (χ4n) is 1.77. The quantitative estimate of drug-likeness (QED) is 0.648. The molecule has 0 spiro atoms. The molecule has 104 valence electrons. The molecule has 4 heteroatoms. The first-order valence-electron chi connectivity index (χ1n) is 6.40. The van der Waals surface area contributed by atoms with Gasteiger partial charge in [-0.1, -0.05) is 12.1 Å². The molecule has 0 bridgehead atoms. The van der Waals surface area contributed by atoms with Crippen LogP contribution < -0.4 is 4.74 Å². The summed E-state index contributed by atoms with van der Waals surface area (Å²) in [4.78, 5) is 11.9. The SMILES string of the molecule is O=C(Oc1ccc(O)cc1)c1ccc(CCCO)cc1. The van der Waals surface area contributed by atoms with Crippen LogP contribution in [0.1, 0.15) is 22.3 Å². The summed E-state index contributed by atoms with van der Waals surface area (Å²) in [5, 5.41) is 17.9. The van der Waals surface area contributed by atoms with Gasteiger partial charge in [-0.25, -0.2) is 4.79 Å². The highest BCUT2D eigenvalue weighted by Gasteiger charge is 2.08. The van der Waals surface area contributed by atoms with Gasteiger partial charge in [0.2, 0.25) is 0 Å². The normalized spacial score (nSPS) is 10.2. The highest BCUT2D eigenvalue weighted by molar-refractivity contribution is 5.91. The summed E-state index contributed by atoms with van der Waals surface area (Å²) >= 11 is 0. The third-order valence-corrected chi connectivity index (χ3v) is 2.86. The van der Waals surface area contributed by atoms with Crippen molar-refractivity contribution in [2.24, 2.45) is 0 Å². The smallest absolute Gasteiger partial charge is 0.343 e. The first kappa shape index (κ1) is 14.1. The number of phenolic OH excluding ortho intramolecular Hbond substituents is 1. The van der Waals surface area contributed by atoms with E-state index in [1.807, 2.05) is 12.1 Å². The minimum Gasteiger partial charge on any atom is -0.508 e. The van der Waals surface area contributed by atoms with Gasteiger partial charge in [-0.15, -0.1) is 0 Å². The number of carbonyl (C=O) groups is 1. The van der Waals surface area contributed by atoms with Crippen molar-refractivity contribution < 1.29 is 19.7 Å². The number of benzene rings is 2. The minimum atomic E-state index is -0.440. The molecule has 0 fully saturated rings. The Morgan fingerprint density at radius 2 is 1.65 bits per heavy atom. The fourth-order valence-corrected chi connectivity index (χ4v) is 1.77. The largest absolute Gasteiger partial charge is 0.508 e. The van der Waals surface area contributed by atoms with Gasteiger partial charge >= 0.3 is 5.97 Å². The topological polar surface area (TPSA) is 66.8 Å². The zero-order valence-electron chi connectivity index (χ0n) is 11.0. The molecular formula is C16H16O4. The van der Waals surface area contributed by atoms with Crippen LogP contribution in [0.2, 0.25) is 0 Å². The van der Waals surface area contributed by atoms with Crippen molar-refractivity contribution in [3.8, 4) is 11.5 Å². The van der Waals surface area contributed by atoms with Crippen LogP contribution in [0, 0.1) is 0 Å². The first-order valence-corrected chi connectivity index (χ1v) is 6.40. The van der Waals surface area contributed by atoms with E-state index < -0.39 is 5.97 Å². The van der Waals surface area contributed by atoms with E-state index in [1.54, 1.807) is 12.1 Å². The maximum absolute atomic E-state index is 11.9. The fraction of sp³-hybridized carbons (Fsp3) is 0.188. The number of rotatable bonds is 5. The van der Waals surface area contributed by atoms with E-state index in [0.29, 0.717) is 17.7 Å². The average molecular weight is 272 g/mol. The number of carbonyl (C=O) groups excluding carboxylic acids is 1. The number of hydrogen-bond donors (Lipinski definition) is 2. The van der Waals surface area contributed by atoms with Gasteiger partial charge in [0.15, 0.2) is 0 Å². The molecule has 2 aromatic rings. The lowest BCUT2D eigenvalue weighted by molar-refractivity contribution is 0.0734. The zero-order valence-corrected chi connectivity index (χ0v) is 11.0. The summed E-state index contributed by atoms with van der Waals surface area (Å²) < 4.78 is 5.19. The summed E-state index contributed by atoms with van der Waals surface area (Å²) in [6.07, 6.45) is 1.49. The van der Waals surface area contributed by atoms with Gasteiger partial charge in [-0.2, -0.15) is 0 Å². The molecule has 0 heterocycles. The Labute approximate surface area is 117 Å². The predicted octanol–water partition coefficient (Wildman–Crippen LogP) is 2.54. The highest BCUT2D eigenvalue weighted by atomic mass is 16.5. The summed E-state index contributed by atoms with van der Waals surface area (Å²) in [6, 6.07) is 13.1. The van der Waals surface area contributed by atoms with E-state index in [2.05, 4.69) is 0 Å². The molecule has 0 radical (unpaired) electrons. The second-order valence-electron chi connectivity index (χ2n) is 4.41. The van der Waals surface area contributed by atoms with E-state index in [4.69, 9.17) is 14.9 Å². The molecule has 0 amide bonds. The van der Waals surface area contributed by atoms with Crippen LogP contribution in [0.3, 0.4) is 0 Å². The first-order chi connectivity index (χ1) is 9.69. The number of esters is 1. The molecule has 0 atom stereocenters. The maximum Gasteiger partial charge on any atom is 0.343 e. The zero-order chi connectivity index (χ0) is 14.4. The number of aryl methyl sites for hydroxylation is 1. The molecule has 0 aliphatic carbocycles. The Bertz CT molecular complexity index is 558. The molecule has 2 rings (SSSR count). The van der Waals surface area contributed by atoms with Crippen molar-refractivity contribution in [1.29, 1.82) is 0 Å². The van der Waals surface area contributed by atoms with E-state index in [1.165, 1.54) is 24.3 Å². The minimum absolute atomic E-state index is 0.123. The van der Waals surface area contributed by atoms with Crippen LogP contribution in [-0.2, 0) is 6.42 Å². The van der Waals surface area contributed by atoms with Gasteiger partial charge in [-0.3, -0.25) is 0 Å². The lowest BCUT2D eigenvalue weighted by Crippen LogP contribution is -2.08. The van der Waals surface area contributed by atoms with E-state index in [-0.39, 0.29) is 12.4 Å². The second-order valence-corrected chi connectivity index (χ2v) is 4.41. The summed E-state index contributed by atoms with van der Waals surface area (Å²) in [7, 11) is 0. The third-order valence-electron chi connectivity index (χ3n) is 2.86. The predicted molar refractivity (Wildman–Crippen MR) is 74.9 cm³/mol. The van der Waals surface area contributed by atoms with Gasteiger partial charge in [0.25, 0.3) is 0 Å². The second kappa shape index (κ2) is 6.73. The molecular weight excluding hydrogens is 256 g/mol. The van der Waals surface area contributed by atoms with E-state index in [9.17, 15) is 4.79 Å². The van der Waals surface area contributed by atoms with E-state index in [0.717, 1.165) is 12.0 Å². The molecule has 0 aliphatic rings. The Hall–Kier alpha value is -2.33. The van der Waals surface area contributed by atoms with Crippen LogP contribution in [-0.4, -0.2) is 22.8 Å². The van der Waals surface area contributed by atoms with Crippen molar-refractivity contribution in [3.05, 3.63) is 59.7 Å². The highest BCUT2D eigenvalue weighted by Crippen LogP contribution is 2.17. The monoisotopic (exact) mass is 272 g/mol. The molecule has 0 saturated carbocycles. The lowest BCUT2D eigenvalue weighted by atomic mass is 10.1. The molecule has 20 heavy (non-hydrogen) atoms. The summed E-state index contributed by atoms with van der Waals surface area (Å²) in [5.41, 5.74) is 1.53. The summed E-state index contributed by atoms with van der Waals surface area (Å²) in [6.45, 7) is 0.157. The van der Waals surface area contributed by atoms with Crippen molar-refractivity contribution in [2.75, 3.05) is 6.61 Å². The van der Waals surface area contributed by atoms with Gasteiger partial charge in [0.1, 0.15) is 11.5 Å². The summed E-state index contributed by atoms with van der Waals surface area (Å²) in [5.74, 6) is 0.0691. The number of aliphatic hydroxyl groups excluding tert-OH is 1. The standard InChI is InChI=1S/C16H16O4/c17-11-1-2-12-3-5-13(6-4-12)16(19)20-15-9-7-14(18)8-10-15/h3-10,17-18H,1-2,11H2. The van der Waals surface area contributed by atoms with Gasteiger partial charge in [0, 0.05) is 6.61 Å². The lowest BCUT2D eigenvalue weighted by Gasteiger charge is -2.05. The molecule has 4 nitrogen and oxygen atoms in total. The molecule has 0 saturated heterocycles. The molecule has 0 aromatic heterocycles. The van der Waals surface area contributed by atoms with Crippen LogP contribution in [0.15, 0.2) is 48.5 Å². The van der Waals surface area contributed by atoms with Crippen LogP contribution in [0.5, 0.6) is 11.5 Å². The third kappa shape index (κ3) is 3.83. The van der Waals surface area contributed by atoms with Crippen LogP contribution >= 0.6 is 0 Å². The van der Waals surface area contributed by atoms with Crippen LogP contribution in [0.25, 0.3) is 0 Å². The number of ether oxygens (including phenoxy) is 1. The van der Waals surface area contributed by atoms with Gasteiger partial charge in [-0.05, 0) is 54.8 Å². The average Bonchev–Trinajstić information content (AvgIpc) is 2.48. The van der Waals surface area contributed by atoms with Gasteiger partial charge in [0.05, 0.1) is 5.56 Å².